The standard InChI is InChI=1S/C12H14N4O2S2/c1-3-8-6-9(17)15-12(14-8)20-7(2)10(18)16-11-13-4-5-19-11/h4-7H,3H2,1-2H3,(H,13,16,18)(H,14,15,17). The molecule has 0 radical (unpaired) electrons. The molecule has 0 bridgehead atoms. The van der Waals surface area contributed by atoms with E-state index in [2.05, 4.69) is 20.3 Å². The van der Waals surface area contributed by atoms with Crippen molar-refractivity contribution in [3.05, 3.63) is 33.7 Å². The molecule has 0 aliphatic carbocycles. The van der Waals surface area contributed by atoms with Crippen LogP contribution in [0.2, 0.25) is 0 Å². The van der Waals surface area contributed by atoms with Crippen LogP contribution in [0.5, 0.6) is 0 Å². The molecule has 20 heavy (non-hydrogen) atoms. The molecule has 0 aliphatic rings. The number of thioether (sulfide) groups is 1. The van der Waals surface area contributed by atoms with E-state index in [0.717, 1.165) is 0 Å². The Morgan fingerprint density at radius 3 is 3.05 bits per heavy atom. The maximum Gasteiger partial charge on any atom is 0.251 e. The summed E-state index contributed by atoms with van der Waals surface area (Å²) >= 11 is 2.57. The van der Waals surface area contributed by atoms with Gasteiger partial charge in [0, 0.05) is 23.3 Å². The van der Waals surface area contributed by atoms with E-state index in [4.69, 9.17) is 0 Å². The van der Waals surface area contributed by atoms with Crippen molar-refractivity contribution in [1.29, 1.82) is 0 Å². The molecule has 0 aliphatic heterocycles. The lowest BCUT2D eigenvalue weighted by Gasteiger charge is -2.10. The van der Waals surface area contributed by atoms with Gasteiger partial charge in [-0.15, -0.1) is 11.3 Å². The molecular formula is C12H14N4O2S2. The first kappa shape index (κ1) is 14.7. The van der Waals surface area contributed by atoms with Crippen LogP contribution in [0.1, 0.15) is 19.5 Å². The number of H-pyrrole nitrogens is 1. The number of aromatic amines is 1. The second-order valence-corrected chi connectivity index (χ2v) is 6.21. The van der Waals surface area contributed by atoms with Gasteiger partial charge in [-0.2, -0.15) is 0 Å². The van der Waals surface area contributed by atoms with Crippen molar-refractivity contribution in [3.8, 4) is 0 Å². The summed E-state index contributed by atoms with van der Waals surface area (Å²) in [4.78, 5) is 34.3. The number of amides is 1. The van der Waals surface area contributed by atoms with E-state index >= 15 is 0 Å². The lowest BCUT2D eigenvalue weighted by molar-refractivity contribution is -0.115. The zero-order valence-corrected chi connectivity index (χ0v) is 12.7. The van der Waals surface area contributed by atoms with Crippen LogP contribution >= 0.6 is 23.1 Å². The number of rotatable bonds is 5. The molecule has 8 heteroatoms. The fourth-order valence-corrected chi connectivity index (χ4v) is 2.80. The van der Waals surface area contributed by atoms with Crippen molar-refractivity contribution in [1.82, 2.24) is 15.0 Å². The highest BCUT2D eigenvalue weighted by Crippen LogP contribution is 2.20. The summed E-state index contributed by atoms with van der Waals surface area (Å²) in [7, 11) is 0. The number of hydrogen-bond acceptors (Lipinski definition) is 6. The van der Waals surface area contributed by atoms with Crippen molar-refractivity contribution >= 4 is 34.1 Å². The molecule has 2 heterocycles. The fraction of sp³-hybridized carbons (Fsp3) is 0.333. The van der Waals surface area contributed by atoms with Crippen LogP contribution in [-0.4, -0.2) is 26.1 Å². The molecule has 0 spiro atoms. The molecule has 2 aromatic rings. The van der Waals surface area contributed by atoms with Crippen LogP contribution in [0.25, 0.3) is 0 Å². The van der Waals surface area contributed by atoms with Gasteiger partial charge in [0.2, 0.25) is 5.91 Å². The summed E-state index contributed by atoms with van der Waals surface area (Å²) in [6.07, 6.45) is 2.30. The highest BCUT2D eigenvalue weighted by molar-refractivity contribution is 8.00. The van der Waals surface area contributed by atoms with Crippen molar-refractivity contribution in [3.63, 3.8) is 0 Å². The van der Waals surface area contributed by atoms with Crippen molar-refractivity contribution < 1.29 is 4.79 Å². The van der Waals surface area contributed by atoms with E-state index in [1.54, 1.807) is 18.5 Å². The Balaban J connectivity index is 2.03. The minimum Gasteiger partial charge on any atom is -0.301 e. The first-order chi connectivity index (χ1) is 9.58. The van der Waals surface area contributed by atoms with E-state index in [9.17, 15) is 9.59 Å². The average Bonchev–Trinajstić information content (AvgIpc) is 2.90. The van der Waals surface area contributed by atoms with Crippen molar-refractivity contribution in [2.24, 2.45) is 0 Å². The fourth-order valence-electron chi connectivity index (χ4n) is 1.43. The maximum absolute atomic E-state index is 12.0. The lowest BCUT2D eigenvalue weighted by atomic mass is 10.3. The van der Waals surface area contributed by atoms with Gasteiger partial charge in [-0.1, -0.05) is 18.7 Å². The maximum atomic E-state index is 12.0. The zero-order chi connectivity index (χ0) is 14.5. The smallest absolute Gasteiger partial charge is 0.251 e. The summed E-state index contributed by atoms with van der Waals surface area (Å²) < 4.78 is 0. The minimum absolute atomic E-state index is 0.172. The Bertz CT molecular complexity index is 639. The molecule has 1 amide bonds. The van der Waals surface area contributed by atoms with E-state index in [1.807, 2.05) is 6.92 Å². The van der Waals surface area contributed by atoms with Gasteiger partial charge >= 0.3 is 0 Å². The number of nitrogens with zero attached hydrogens (tertiary/aromatic N) is 2. The van der Waals surface area contributed by atoms with Gasteiger partial charge in [-0.05, 0) is 13.3 Å². The first-order valence-electron chi connectivity index (χ1n) is 6.05. The summed E-state index contributed by atoms with van der Waals surface area (Å²) in [5.41, 5.74) is 0.510. The topological polar surface area (TPSA) is 87.7 Å². The van der Waals surface area contributed by atoms with Crippen LogP contribution in [0.4, 0.5) is 5.13 Å². The average molecular weight is 310 g/mol. The third kappa shape index (κ3) is 3.91. The highest BCUT2D eigenvalue weighted by Gasteiger charge is 2.17. The molecule has 6 nitrogen and oxygen atoms in total. The van der Waals surface area contributed by atoms with Crippen LogP contribution < -0.4 is 10.9 Å². The highest BCUT2D eigenvalue weighted by atomic mass is 32.2. The number of aryl methyl sites for hydroxylation is 1. The van der Waals surface area contributed by atoms with Gasteiger partial charge in [-0.3, -0.25) is 9.59 Å². The minimum atomic E-state index is -0.380. The van der Waals surface area contributed by atoms with Crippen molar-refractivity contribution in [2.45, 2.75) is 30.7 Å². The molecule has 0 aromatic carbocycles. The van der Waals surface area contributed by atoms with E-state index < -0.39 is 0 Å². The van der Waals surface area contributed by atoms with Crippen molar-refractivity contribution in [2.75, 3.05) is 5.32 Å². The number of thiazole rings is 1. The second-order valence-electron chi connectivity index (χ2n) is 3.98. The molecule has 1 atom stereocenters. The van der Waals surface area contributed by atoms with Gasteiger partial charge in [0.05, 0.1) is 5.25 Å². The Labute approximate surface area is 124 Å². The van der Waals surface area contributed by atoms with Crippen LogP contribution in [0.15, 0.2) is 27.6 Å². The van der Waals surface area contributed by atoms with E-state index in [0.29, 0.717) is 22.4 Å². The number of carbonyl (C=O) groups excluding carboxylic acids is 1. The zero-order valence-electron chi connectivity index (χ0n) is 11.0. The quantitative estimate of drug-likeness (QED) is 0.650. The number of carbonyl (C=O) groups is 1. The monoisotopic (exact) mass is 310 g/mol. The molecule has 0 fully saturated rings. The van der Waals surface area contributed by atoms with E-state index in [1.165, 1.54) is 29.2 Å². The Hall–Kier alpha value is -1.67. The lowest BCUT2D eigenvalue weighted by Crippen LogP contribution is -2.23. The van der Waals surface area contributed by atoms with Gasteiger partial charge in [-0.25, -0.2) is 9.97 Å². The largest absolute Gasteiger partial charge is 0.301 e. The van der Waals surface area contributed by atoms with Gasteiger partial charge in [0.15, 0.2) is 10.3 Å². The van der Waals surface area contributed by atoms with Crippen LogP contribution in [0, 0.1) is 0 Å². The first-order valence-corrected chi connectivity index (χ1v) is 7.81. The molecule has 1 unspecified atom stereocenters. The number of nitrogens with one attached hydrogen (secondary N) is 2. The number of anilines is 1. The summed E-state index contributed by atoms with van der Waals surface area (Å²) in [6, 6.07) is 1.46. The van der Waals surface area contributed by atoms with Crippen LogP contribution in [0.3, 0.4) is 0 Å². The summed E-state index contributed by atoms with van der Waals surface area (Å²) in [5.74, 6) is -0.172. The molecule has 0 saturated carbocycles. The number of hydrogen-bond donors (Lipinski definition) is 2. The van der Waals surface area contributed by atoms with Gasteiger partial charge < -0.3 is 10.3 Å². The molecule has 2 N–H and O–H groups in total. The molecular weight excluding hydrogens is 296 g/mol. The predicted molar refractivity (Wildman–Crippen MR) is 80.3 cm³/mol. The SMILES string of the molecule is CCc1cc(=O)[nH]c(SC(C)C(=O)Nc2nccs2)n1. The third-order valence-corrected chi connectivity index (χ3v) is 4.13. The normalized spacial score (nSPS) is 12.1. The number of aromatic nitrogens is 3. The van der Waals surface area contributed by atoms with Gasteiger partial charge in [0.25, 0.3) is 5.56 Å². The second kappa shape index (κ2) is 6.67. The van der Waals surface area contributed by atoms with E-state index in [-0.39, 0.29) is 16.7 Å². The summed E-state index contributed by atoms with van der Waals surface area (Å²) in [5, 5.41) is 5.14. The third-order valence-electron chi connectivity index (χ3n) is 2.46. The Morgan fingerprint density at radius 2 is 2.40 bits per heavy atom. The van der Waals surface area contributed by atoms with Gasteiger partial charge in [0.1, 0.15) is 0 Å². The Kier molecular flexibility index (Phi) is 4.91. The van der Waals surface area contributed by atoms with Crippen LogP contribution in [-0.2, 0) is 11.2 Å². The Morgan fingerprint density at radius 1 is 1.60 bits per heavy atom. The predicted octanol–water partition coefficient (Wildman–Crippen LogP) is 1.91. The molecule has 0 saturated heterocycles. The summed E-state index contributed by atoms with van der Waals surface area (Å²) in [6.45, 7) is 3.68. The molecule has 2 rings (SSSR count). The molecule has 106 valence electrons. The molecule has 2 aromatic heterocycles.